The number of piperazine rings is 1. The summed E-state index contributed by atoms with van der Waals surface area (Å²) < 4.78 is 0. The van der Waals surface area contributed by atoms with Crippen LogP contribution in [-0.4, -0.2) is 60.6 Å². The van der Waals surface area contributed by atoms with Gasteiger partial charge in [0, 0.05) is 36.6 Å². The molecule has 1 aliphatic heterocycles. The third kappa shape index (κ3) is 5.07. The van der Waals surface area contributed by atoms with Gasteiger partial charge in [0.15, 0.2) is 0 Å². The van der Waals surface area contributed by atoms with E-state index in [0.29, 0.717) is 36.9 Å². The van der Waals surface area contributed by atoms with E-state index in [1.807, 2.05) is 48.4 Å². The Morgan fingerprint density at radius 1 is 1.11 bits per heavy atom. The Hall–Kier alpha value is -2.02. The third-order valence-electron chi connectivity index (χ3n) is 4.85. The predicted octanol–water partition coefficient (Wildman–Crippen LogP) is 3.77. The molecule has 2 aromatic carbocycles. The van der Waals surface area contributed by atoms with Gasteiger partial charge in [-0.25, -0.2) is 0 Å². The fraction of sp³-hybridized carbons (Fsp3) is 0.333. The number of carbonyl (C=O) groups excluding carboxylic acids is 2. The zero-order valence-electron chi connectivity index (χ0n) is 16.1. The molecular weight excluding hydrogens is 394 g/mol. The maximum atomic E-state index is 12.9. The molecule has 0 aliphatic carbocycles. The number of aryl methyl sites for hydroxylation is 1. The second-order valence-corrected chi connectivity index (χ2v) is 8.06. The van der Waals surface area contributed by atoms with Gasteiger partial charge >= 0.3 is 0 Å². The number of nitrogens with one attached hydrogen (secondary N) is 1. The lowest BCUT2D eigenvalue weighted by atomic mass is 10.1. The molecule has 28 heavy (non-hydrogen) atoms. The van der Waals surface area contributed by atoms with Gasteiger partial charge in [-0.15, -0.1) is 11.8 Å². The van der Waals surface area contributed by atoms with Crippen molar-refractivity contribution in [2.75, 3.05) is 44.3 Å². The minimum Gasteiger partial charge on any atom is -0.336 e. The molecule has 1 N–H and O–H groups in total. The van der Waals surface area contributed by atoms with Crippen molar-refractivity contribution in [3.8, 4) is 0 Å². The van der Waals surface area contributed by atoms with Crippen LogP contribution in [0.4, 0.5) is 5.69 Å². The van der Waals surface area contributed by atoms with Crippen LogP contribution in [0.2, 0.25) is 5.02 Å². The second kappa shape index (κ2) is 9.45. The third-order valence-corrected chi connectivity index (χ3v) is 5.90. The number of carbonyl (C=O) groups is 2. The minimum atomic E-state index is -0.101. The highest BCUT2D eigenvalue weighted by molar-refractivity contribution is 7.98. The van der Waals surface area contributed by atoms with E-state index in [-0.39, 0.29) is 18.4 Å². The lowest BCUT2D eigenvalue weighted by molar-refractivity contribution is -0.117. The van der Waals surface area contributed by atoms with Gasteiger partial charge in [0.25, 0.3) is 5.91 Å². The summed E-state index contributed by atoms with van der Waals surface area (Å²) in [5.41, 5.74) is 2.37. The fourth-order valence-electron chi connectivity index (χ4n) is 3.19. The lowest BCUT2D eigenvalue weighted by Crippen LogP contribution is -2.50. The SMILES string of the molecule is CSc1ccc(C)c(C(=O)N2CCN(CC(=O)Nc3ccccc3Cl)CC2)c1. The first-order valence-electron chi connectivity index (χ1n) is 9.18. The van der Waals surface area contributed by atoms with E-state index >= 15 is 0 Å². The standard InChI is InChI=1S/C21H24ClN3O2S/c1-15-7-8-16(28-2)13-17(15)21(27)25-11-9-24(10-12-25)14-20(26)23-19-6-4-3-5-18(19)22/h3-8,13H,9-12,14H2,1-2H3,(H,23,26). The van der Waals surface area contributed by atoms with Gasteiger partial charge in [0.05, 0.1) is 17.3 Å². The van der Waals surface area contributed by atoms with E-state index in [1.165, 1.54) is 0 Å². The number of amides is 2. The smallest absolute Gasteiger partial charge is 0.254 e. The van der Waals surface area contributed by atoms with Crippen LogP contribution in [0.15, 0.2) is 47.4 Å². The van der Waals surface area contributed by atoms with E-state index in [9.17, 15) is 9.59 Å². The zero-order valence-corrected chi connectivity index (χ0v) is 17.6. The molecule has 0 bridgehead atoms. The number of anilines is 1. The molecule has 0 unspecified atom stereocenters. The summed E-state index contributed by atoms with van der Waals surface area (Å²) in [4.78, 5) is 30.2. The van der Waals surface area contributed by atoms with Gasteiger partial charge in [-0.05, 0) is 43.0 Å². The van der Waals surface area contributed by atoms with Crippen LogP contribution in [0.5, 0.6) is 0 Å². The Morgan fingerprint density at radius 2 is 1.82 bits per heavy atom. The number of para-hydroxylation sites is 1. The van der Waals surface area contributed by atoms with Crippen molar-refractivity contribution in [3.05, 3.63) is 58.6 Å². The number of hydrogen-bond donors (Lipinski definition) is 1. The molecule has 7 heteroatoms. The van der Waals surface area contributed by atoms with Crippen molar-refractivity contribution >= 4 is 40.9 Å². The molecule has 1 saturated heterocycles. The highest BCUT2D eigenvalue weighted by Gasteiger charge is 2.24. The summed E-state index contributed by atoms with van der Waals surface area (Å²) in [7, 11) is 0. The number of halogens is 1. The number of rotatable bonds is 5. The Balaban J connectivity index is 1.54. The molecule has 0 spiro atoms. The molecule has 2 aromatic rings. The normalized spacial score (nSPS) is 14.8. The highest BCUT2D eigenvalue weighted by atomic mass is 35.5. The maximum absolute atomic E-state index is 12.9. The van der Waals surface area contributed by atoms with E-state index in [1.54, 1.807) is 23.9 Å². The minimum absolute atomic E-state index is 0.0635. The van der Waals surface area contributed by atoms with Crippen LogP contribution >= 0.6 is 23.4 Å². The Labute approximate surface area is 175 Å². The van der Waals surface area contributed by atoms with Gasteiger partial charge in [-0.3, -0.25) is 14.5 Å². The number of nitrogens with zero attached hydrogens (tertiary/aromatic N) is 2. The molecule has 2 amide bonds. The van der Waals surface area contributed by atoms with Gasteiger partial charge in [-0.2, -0.15) is 0 Å². The molecule has 3 rings (SSSR count). The first kappa shape index (κ1) is 20.7. The largest absolute Gasteiger partial charge is 0.336 e. The summed E-state index contributed by atoms with van der Waals surface area (Å²) in [6, 6.07) is 13.2. The Morgan fingerprint density at radius 3 is 2.50 bits per heavy atom. The summed E-state index contributed by atoms with van der Waals surface area (Å²) in [5, 5.41) is 3.36. The highest BCUT2D eigenvalue weighted by Crippen LogP contribution is 2.22. The van der Waals surface area contributed by atoms with Crippen molar-refractivity contribution in [2.24, 2.45) is 0 Å². The fourth-order valence-corrected chi connectivity index (χ4v) is 3.82. The van der Waals surface area contributed by atoms with Crippen LogP contribution in [0, 0.1) is 6.92 Å². The summed E-state index contributed by atoms with van der Waals surface area (Å²) >= 11 is 7.72. The van der Waals surface area contributed by atoms with E-state index in [0.717, 1.165) is 16.0 Å². The van der Waals surface area contributed by atoms with E-state index in [4.69, 9.17) is 11.6 Å². The van der Waals surface area contributed by atoms with E-state index < -0.39 is 0 Å². The first-order chi connectivity index (χ1) is 13.5. The van der Waals surface area contributed by atoms with Gasteiger partial charge < -0.3 is 10.2 Å². The lowest BCUT2D eigenvalue weighted by Gasteiger charge is -2.34. The van der Waals surface area contributed by atoms with Crippen LogP contribution in [0.3, 0.4) is 0 Å². The van der Waals surface area contributed by atoms with Gasteiger partial charge in [0.1, 0.15) is 0 Å². The van der Waals surface area contributed by atoms with Crippen molar-refractivity contribution in [2.45, 2.75) is 11.8 Å². The maximum Gasteiger partial charge on any atom is 0.254 e. The molecular formula is C21H24ClN3O2S. The number of benzene rings is 2. The quantitative estimate of drug-likeness (QED) is 0.752. The Kier molecular flexibility index (Phi) is 6.99. The molecule has 1 aliphatic rings. The molecule has 0 radical (unpaired) electrons. The molecule has 0 saturated carbocycles. The molecule has 0 atom stereocenters. The van der Waals surface area contributed by atoms with E-state index in [2.05, 4.69) is 10.2 Å². The summed E-state index contributed by atoms with van der Waals surface area (Å²) in [6.45, 7) is 4.81. The summed E-state index contributed by atoms with van der Waals surface area (Å²) in [5.74, 6) is -0.0371. The van der Waals surface area contributed by atoms with Crippen molar-refractivity contribution in [3.63, 3.8) is 0 Å². The summed E-state index contributed by atoms with van der Waals surface area (Å²) in [6.07, 6.45) is 2.01. The average molecular weight is 418 g/mol. The van der Waals surface area contributed by atoms with Crippen LogP contribution < -0.4 is 5.32 Å². The number of thioether (sulfide) groups is 1. The second-order valence-electron chi connectivity index (χ2n) is 6.78. The Bertz CT molecular complexity index is 866. The van der Waals surface area contributed by atoms with Crippen LogP contribution in [0.25, 0.3) is 0 Å². The number of hydrogen-bond acceptors (Lipinski definition) is 4. The molecule has 148 valence electrons. The molecule has 0 aromatic heterocycles. The van der Waals surface area contributed by atoms with Gasteiger partial charge in [-0.1, -0.05) is 29.8 Å². The van der Waals surface area contributed by atoms with Crippen LogP contribution in [-0.2, 0) is 4.79 Å². The molecule has 1 fully saturated rings. The van der Waals surface area contributed by atoms with Crippen molar-refractivity contribution in [1.29, 1.82) is 0 Å². The van der Waals surface area contributed by atoms with Crippen LogP contribution in [0.1, 0.15) is 15.9 Å². The first-order valence-corrected chi connectivity index (χ1v) is 10.8. The molecule has 5 nitrogen and oxygen atoms in total. The topological polar surface area (TPSA) is 52.7 Å². The van der Waals surface area contributed by atoms with Gasteiger partial charge in [0.2, 0.25) is 5.91 Å². The van der Waals surface area contributed by atoms with Crippen molar-refractivity contribution in [1.82, 2.24) is 9.80 Å². The predicted molar refractivity (Wildman–Crippen MR) is 115 cm³/mol. The average Bonchev–Trinajstić information content (AvgIpc) is 2.70. The molecule has 1 heterocycles. The monoisotopic (exact) mass is 417 g/mol. The van der Waals surface area contributed by atoms with Crippen molar-refractivity contribution < 1.29 is 9.59 Å². The zero-order chi connectivity index (χ0) is 20.1.